The van der Waals surface area contributed by atoms with Crippen molar-refractivity contribution in [1.82, 2.24) is 5.32 Å². The standard InChI is InChI=1S/C14H20N2O2/c1-10(17)11-5-7-12(8-6-11)15-9-13(18)16-14(2,3)4/h5-8,15H,9H2,1-4H3,(H,16,18). The van der Waals surface area contributed by atoms with Crippen molar-refractivity contribution in [3.63, 3.8) is 0 Å². The highest BCUT2D eigenvalue weighted by molar-refractivity contribution is 5.94. The van der Waals surface area contributed by atoms with Gasteiger partial charge in [-0.3, -0.25) is 9.59 Å². The van der Waals surface area contributed by atoms with Crippen molar-refractivity contribution in [2.45, 2.75) is 33.2 Å². The maximum absolute atomic E-state index is 11.6. The summed E-state index contributed by atoms with van der Waals surface area (Å²) < 4.78 is 0. The average Bonchev–Trinajstić information content (AvgIpc) is 2.24. The Hall–Kier alpha value is -1.84. The molecule has 0 spiro atoms. The Bertz CT molecular complexity index is 430. The molecule has 98 valence electrons. The lowest BCUT2D eigenvalue weighted by molar-refractivity contribution is -0.120. The van der Waals surface area contributed by atoms with E-state index in [4.69, 9.17) is 0 Å². The Morgan fingerprint density at radius 1 is 1.11 bits per heavy atom. The molecule has 4 heteroatoms. The molecule has 0 atom stereocenters. The van der Waals surface area contributed by atoms with Gasteiger partial charge >= 0.3 is 0 Å². The van der Waals surface area contributed by atoms with Gasteiger partial charge in [0.05, 0.1) is 6.54 Å². The van der Waals surface area contributed by atoms with E-state index in [1.807, 2.05) is 20.8 Å². The third-order valence-electron chi connectivity index (χ3n) is 2.26. The van der Waals surface area contributed by atoms with E-state index in [9.17, 15) is 9.59 Å². The Labute approximate surface area is 108 Å². The monoisotopic (exact) mass is 248 g/mol. The molecular weight excluding hydrogens is 228 g/mol. The normalized spacial score (nSPS) is 10.9. The van der Waals surface area contributed by atoms with E-state index in [-0.39, 0.29) is 23.8 Å². The van der Waals surface area contributed by atoms with Crippen LogP contribution in [-0.2, 0) is 4.79 Å². The van der Waals surface area contributed by atoms with Crippen molar-refractivity contribution in [1.29, 1.82) is 0 Å². The van der Waals surface area contributed by atoms with Crippen LogP contribution in [0.1, 0.15) is 38.1 Å². The van der Waals surface area contributed by atoms with Gasteiger partial charge in [-0.2, -0.15) is 0 Å². The number of anilines is 1. The van der Waals surface area contributed by atoms with Crippen LogP contribution in [0.25, 0.3) is 0 Å². The fraction of sp³-hybridized carbons (Fsp3) is 0.429. The number of Topliss-reactive ketones (excluding diaryl/α,β-unsaturated/α-hetero) is 1. The molecule has 1 aromatic rings. The molecule has 1 rings (SSSR count). The molecule has 0 aliphatic rings. The second kappa shape index (κ2) is 5.67. The molecule has 1 aromatic carbocycles. The van der Waals surface area contributed by atoms with Crippen molar-refractivity contribution < 1.29 is 9.59 Å². The fourth-order valence-corrected chi connectivity index (χ4v) is 1.47. The highest BCUT2D eigenvalue weighted by atomic mass is 16.2. The summed E-state index contributed by atoms with van der Waals surface area (Å²) in [6, 6.07) is 7.07. The molecule has 18 heavy (non-hydrogen) atoms. The molecule has 2 N–H and O–H groups in total. The maximum Gasteiger partial charge on any atom is 0.239 e. The molecule has 0 unspecified atom stereocenters. The highest BCUT2D eigenvalue weighted by Gasteiger charge is 2.12. The molecule has 0 radical (unpaired) electrons. The number of rotatable bonds is 4. The SMILES string of the molecule is CC(=O)c1ccc(NCC(=O)NC(C)(C)C)cc1. The molecule has 0 fully saturated rings. The largest absolute Gasteiger partial charge is 0.376 e. The molecule has 0 aliphatic carbocycles. The summed E-state index contributed by atoms with van der Waals surface area (Å²) in [4.78, 5) is 22.7. The summed E-state index contributed by atoms with van der Waals surface area (Å²) in [5.41, 5.74) is 1.26. The van der Waals surface area contributed by atoms with Crippen molar-refractivity contribution in [3.05, 3.63) is 29.8 Å². The van der Waals surface area contributed by atoms with Crippen LogP contribution in [0.3, 0.4) is 0 Å². The topological polar surface area (TPSA) is 58.2 Å². The van der Waals surface area contributed by atoms with Gasteiger partial charge in [-0.1, -0.05) is 0 Å². The molecular formula is C14H20N2O2. The van der Waals surface area contributed by atoms with Crippen LogP contribution in [0, 0.1) is 0 Å². The van der Waals surface area contributed by atoms with Gasteiger partial charge in [0, 0.05) is 16.8 Å². The number of benzene rings is 1. The third kappa shape index (κ3) is 4.99. The van der Waals surface area contributed by atoms with Gasteiger partial charge in [0.25, 0.3) is 0 Å². The van der Waals surface area contributed by atoms with Gasteiger partial charge in [0.2, 0.25) is 5.91 Å². The number of carbonyl (C=O) groups is 2. The Balaban J connectivity index is 2.49. The van der Waals surface area contributed by atoms with Crippen LogP contribution in [0.15, 0.2) is 24.3 Å². The van der Waals surface area contributed by atoms with Crippen LogP contribution >= 0.6 is 0 Å². The van der Waals surface area contributed by atoms with Crippen molar-refractivity contribution in [2.75, 3.05) is 11.9 Å². The van der Waals surface area contributed by atoms with Crippen molar-refractivity contribution in [3.8, 4) is 0 Å². The molecule has 0 aliphatic heterocycles. The molecule has 0 heterocycles. The molecule has 0 aromatic heterocycles. The zero-order valence-corrected chi connectivity index (χ0v) is 11.3. The second-order valence-electron chi connectivity index (χ2n) is 5.29. The number of amides is 1. The molecule has 1 amide bonds. The lowest BCUT2D eigenvalue weighted by Crippen LogP contribution is -2.43. The van der Waals surface area contributed by atoms with Crippen molar-refractivity contribution >= 4 is 17.4 Å². The van der Waals surface area contributed by atoms with Crippen LogP contribution in [0.2, 0.25) is 0 Å². The highest BCUT2D eigenvalue weighted by Crippen LogP contribution is 2.09. The minimum Gasteiger partial charge on any atom is -0.376 e. The summed E-state index contributed by atoms with van der Waals surface area (Å²) in [5.74, 6) is -0.0230. The van der Waals surface area contributed by atoms with Crippen LogP contribution in [-0.4, -0.2) is 23.8 Å². The first-order valence-corrected chi connectivity index (χ1v) is 5.94. The quantitative estimate of drug-likeness (QED) is 0.803. The first-order valence-electron chi connectivity index (χ1n) is 5.94. The third-order valence-corrected chi connectivity index (χ3v) is 2.26. The zero-order valence-electron chi connectivity index (χ0n) is 11.3. The van der Waals surface area contributed by atoms with E-state index in [1.54, 1.807) is 24.3 Å². The average molecular weight is 248 g/mol. The summed E-state index contributed by atoms with van der Waals surface area (Å²) in [5, 5.41) is 5.87. The summed E-state index contributed by atoms with van der Waals surface area (Å²) >= 11 is 0. The predicted molar refractivity (Wildman–Crippen MR) is 72.8 cm³/mol. The van der Waals surface area contributed by atoms with E-state index in [0.717, 1.165) is 5.69 Å². The number of hydrogen-bond donors (Lipinski definition) is 2. The Morgan fingerprint density at radius 2 is 1.67 bits per heavy atom. The molecule has 4 nitrogen and oxygen atoms in total. The Kier molecular flexibility index (Phi) is 4.48. The number of hydrogen-bond acceptors (Lipinski definition) is 3. The van der Waals surface area contributed by atoms with Crippen LogP contribution in [0.4, 0.5) is 5.69 Å². The van der Waals surface area contributed by atoms with Gasteiger partial charge < -0.3 is 10.6 Å². The second-order valence-corrected chi connectivity index (χ2v) is 5.29. The number of carbonyl (C=O) groups excluding carboxylic acids is 2. The maximum atomic E-state index is 11.6. The minimum absolute atomic E-state index is 0.0343. The smallest absolute Gasteiger partial charge is 0.239 e. The predicted octanol–water partition coefficient (Wildman–Crippen LogP) is 2.22. The van der Waals surface area contributed by atoms with E-state index >= 15 is 0 Å². The summed E-state index contributed by atoms with van der Waals surface area (Å²) in [6.45, 7) is 7.56. The zero-order chi connectivity index (χ0) is 13.8. The summed E-state index contributed by atoms with van der Waals surface area (Å²) in [7, 11) is 0. The van der Waals surface area contributed by atoms with Gasteiger partial charge in [-0.25, -0.2) is 0 Å². The number of nitrogens with one attached hydrogen (secondary N) is 2. The van der Waals surface area contributed by atoms with Gasteiger partial charge in [0.1, 0.15) is 0 Å². The fourth-order valence-electron chi connectivity index (χ4n) is 1.47. The van der Waals surface area contributed by atoms with Crippen LogP contribution < -0.4 is 10.6 Å². The lowest BCUT2D eigenvalue weighted by atomic mass is 10.1. The lowest BCUT2D eigenvalue weighted by Gasteiger charge is -2.20. The summed E-state index contributed by atoms with van der Waals surface area (Å²) in [6.07, 6.45) is 0. The van der Waals surface area contributed by atoms with Gasteiger partial charge in [0.15, 0.2) is 5.78 Å². The number of ketones is 1. The molecule has 0 saturated carbocycles. The van der Waals surface area contributed by atoms with E-state index in [1.165, 1.54) is 6.92 Å². The first-order chi connectivity index (χ1) is 8.28. The van der Waals surface area contributed by atoms with Crippen LogP contribution in [0.5, 0.6) is 0 Å². The van der Waals surface area contributed by atoms with E-state index < -0.39 is 0 Å². The van der Waals surface area contributed by atoms with Gasteiger partial charge in [-0.15, -0.1) is 0 Å². The van der Waals surface area contributed by atoms with Crippen molar-refractivity contribution in [2.24, 2.45) is 0 Å². The Morgan fingerprint density at radius 3 is 2.11 bits per heavy atom. The van der Waals surface area contributed by atoms with Gasteiger partial charge in [-0.05, 0) is 52.0 Å². The van der Waals surface area contributed by atoms with E-state index in [2.05, 4.69) is 10.6 Å². The minimum atomic E-state index is -0.225. The van der Waals surface area contributed by atoms with E-state index in [0.29, 0.717) is 5.56 Å². The molecule has 0 saturated heterocycles. The molecule has 0 bridgehead atoms. The first kappa shape index (κ1) is 14.2.